The van der Waals surface area contributed by atoms with Crippen LogP contribution in [0.5, 0.6) is 0 Å². The predicted octanol–water partition coefficient (Wildman–Crippen LogP) is 3.39. The van der Waals surface area contributed by atoms with Crippen LogP contribution in [0.25, 0.3) is 0 Å². The van der Waals surface area contributed by atoms with Crippen LogP contribution < -0.4 is 5.32 Å². The van der Waals surface area contributed by atoms with Crippen LogP contribution >= 0.6 is 11.3 Å². The van der Waals surface area contributed by atoms with Gasteiger partial charge in [-0.25, -0.2) is 0 Å². The first-order valence-electron chi connectivity index (χ1n) is 7.65. The van der Waals surface area contributed by atoms with Gasteiger partial charge in [-0.15, -0.1) is 11.3 Å². The lowest BCUT2D eigenvalue weighted by molar-refractivity contribution is 0.197. The number of thiophene rings is 1. The summed E-state index contributed by atoms with van der Waals surface area (Å²) >= 11 is 1.89. The third-order valence-electron chi connectivity index (χ3n) is 3.97. The third-order valence-corrected chi connectivity index (χ3v) is 4.86. The zero-order valence-corrected chi connectivity index (χ0v) is 13.4. The van der Waals surface area contributed by atoms with Gasteiger partial charge in [-0.3, -0.25) is 4.90 Å². The summed E-state index contributed by atoms with van der Waals surface area (Å²) in [6.45, 7) is 10.7. The number of nitrogens with zero attached hydrogens (tertiary/aromatic N) is 1. The summed E-state index contributed by atoms with van der Waals surface area (Å²) in [5.41, 5.74) is 0. The lowest BCUT2D eigenvalue weighted by Gasteiger charge is -2.30. The van der Waals surface area contributed by atoms with Gasteiger partial charge in [-0.05, 0) is 56.6 Å². The molecule has 0 radical (unpaired) electrons. The van der Waals surface area contributed by atoms with E-state index in [1.807, 2.05) is 11.3 Å². The standard InChI is InChI=1S/C16H28N2S/c1-13(2)10-15-12-18(8-5-7-17-15)14(3)11-16-6-4-9-19-16/h4,6,9,13-15,17H,5,7-8,10-12H2,1-3H3. The summed E-state index contributed by atoms with van der Waals surface area (Å²) in [6, 6.07) is 5.77. The summed E-state index contributed by atoms with van der Waals surface area (Å²) in [5, 5.41) is 5.91. The summed E-state index contributed by atoms with van der Waals surface area (Å²) in [7, 11) is 0. The van der Waals surface area contributed by atoms with Gasteiger partial charge < -0.3 is 5.32 Å². The molecule has 3 heteroatoms. The van der Waals surface area contributed by atoms with Gasteiger partial charge in [0.05, 0.1) is 0 Å². The minimum atomic E-state index is 0.660. The Hall–Kier alpha value is -0.380. The predicted molar refractivity (Wildman–Crippen MR) is 84.9 cm³/mol. The fraction of sp³-hybridized carbons (Fsp3) is 0.750. The van der Waals surface area contributed by atoms with Crippen LogP contribution in [0.3, 0.4) is 0 Å². The highest BCUT2D eigenvalue weighted by molar-refractivity contribution is 7.09. The van der Waals surface area contributed by atoms with Crippen molar-refractivity contribution in [2.24, 2.45) is 5.92 Å². The van der Waals surface area contributed by atoms with Crippen molar-refractivity contribution in [1.29, 1.82) is 0 Å². The third kappa shape index (κ3) is 4.90. The largest absolute Gasteiger partial charge is 0.313 e. The average Bonchev–Trinajstić information content (AvgIpc) is 2.74. The number of rotatable bonds is 5. The van der Waals surface area contributed by atoms with Crippen molar-refractivity contribution in [3.05, 3.63) is 22.4 Å². The smallest absolute Gasteiger partial charge is 0.0197 e. The van der Waals surface area contributed by atoms with Gasteiger partial charge in [0.15, 0.2) is 0 Å². The van der Waals surface area contributed by atoms with Gasteiger partial charge in [0.2, 0.25) is 0 Å². The monoisotopic (exact) mass is 280 g/mol. The lowest BCUT2D eigenvalue weighted by Crippen LogP contribution is -2.42. The molecule has 108 valence electrons. The van der Waals surface area contributed by atoms with Crippen LogP contribution in [0, 0.1) is 5.92 Å². The quantitative estimate of drug-likeness (QED) is 0.889. The second-order valence-electron chi connectivity index (χ2n) is 6.26. The molecule has 0 aliphatic carbocycles. The van der Waals surface area contributed by atoms with E-state index >= 15 is 0 Å². The SMILES string of the molecule is CC(C)CC1CN(C(C)Cc2cccs2)CCCN1. The van der Waals surface area contributed by atoms with E-state index in [2.05, 4.69) is 48.5 Å². The highest BCUT2D eigenvalue weighted by Gasteiger charge is 2.22. The van der Waals surface area contributed by atoms with E-state index < -0.39 is 0 Å². The molecule has 0 spiro atoms. The van der Waals surface area contributed by atoms with Crippen molar-refractivity contribution >= 4 is 11.3 Å². The molecule has 0 saturated carbocycles. The number of hydrogen-bond acceptors (Lipinski definition) is 3. The lowest BCUT2D eigenvalue weighted by atomic mass is 10.0. The summed E-state index contributed by atoms with van der Waals surface area (Å²) in [5.74, 6) is 0.782. The molecule has 1 aromatic heterocycles. The van der Waals surface area contributed by atoms with Gasteiger partial charge in [0.1, 0.15) is 0 Å². The van der Waals surface area contributed by atoms with Crippen LogP contribution in [-0.4, -0.2) is 36.6 Å². The highest BCUT2D eigenvalue weighted by Crippen LogP contribution is 2.17. The number of hydrogen-bond donors (Lipinski definition) is 1. The zero-order chi connectivity index (χ0) is 13.7. The van der Waals surface area contributed by atoms with E-state index in [1.54, 1.807) is 0 Å². The normalized spacial score (nSPS) is 23.5. The van der Waals surface area contributed by atoms with E-state index in [0.29, 0.717) is 12.1 Å². The molecule has 1 fully saturated rings. The molecule has 0 amide bonds. The van der Waals surface area contributed by atoms with Crippen LogP contribution in [0.4, 0.5) is 0 Å². The highest BCUT2D eigenvalue weighted by atomic mass is 32.1. The number of nitrogens with one attached hydrogen (secondary N) is 1. The van der Waals surface area contributed by atoms with Crippen molar-refractivity contribution in [2.75, 3.05) is 19.6 Å². The maximum atomic E-state index is 3.72. The molecule has 0 bridgehead atoms. The second kappa shape index (κ2) is 7.41. The Morgan fingerprint density at radius 2 is 2.26 bits per heavy atom. The Balaban J connectivity index is 1.89. The van der Waals surface area contributed by atoms with E-state index in [9.17, 15) is 0 Å². The summed E-state index contributed by atoms with van der Waals surface area (Å²) in [6.07, 6.45) is 3.78. The van der Waals surface area contributed by atoms with Crippen molar-refractivity contribution in [2.45, 2.75) is 52.1 Å². The maximum Gasteiger partial charge on any atom is 0.0197 e. The Labute approximate surface area is 122 Å². The molecular formula is C16H28N2S. The molecule has 2 atom stereocenters. The Morgan fingerprint density at radius 1 is 1.42 bits per heavy atom. The second-order valence-corrected chi connectivity index (χ2v) is 7.29. The van der Waals surface area contributed by atoms with Gasteiger partial charge in [0.25, 0.3) is 0 Å². The average molecular weight is 280 g/mol. The molecule has 2 nitrogen and oxygen atoms in total. The topological polar surface area (TPSA) is 15.3 Å². The molecule has 1 saturated heterocycles. The van der Waals surface area contributed by atoms with Gasteiger partial charge >= 0.3 is 0 Å². The zero-order valence-electron chi connectivity index (χ0n) is 12.6. The minimum absolute atomic E-state index is 0.660. The maximum absolute atomic E-state index is 3.72. The Morgan fingerprint density at radius 3 is 2.95 bits per heavy atom. The molecular weight excluding hydrogens is 252 g/mol. The molecule has 2 unspecified atom stereocenters. The molecule has 2 rings (SSSR count). The van der Waals surface area contributed by atoms with E-state index in [4.69, 9.17) is 0 Å². The fourth-order valence-corrected chi connectivity index (χ4v) is 3.83. The molecule has 0 aromatic carbocycles. The first kappa shape index (κ1) is 15.0. The van der Waals surface area contributed by atoms with Gasteiger partial charge in [-0.1, -0.05) is 19.9 Å². The Kier molecular flexibility index (Phi) is 5.86. The fourth-order valence-electron chi connectivity index (χ4n) is 3.00. The van der Waals surface area contributed by atoms with E-state index in [-0.39, 0.29) is 0 Å². The molecule has 1 aliphatic heterocycles. The Bertz CT molecular complexity index is 348. The van der Waals surface area contributed by atoms with E-state index in [1.165, 1.54) is 43.8 Å². The molecule has 1 aromatic rings. The summed E-state index contributed by atoms with van der Waals surface area (Å²) < 4.78 is 0. The van der Waals surface area contributed by atoms with Crippen molar-refractivity contribution in [3.8, 4) is 0 Å². The molecule has 2 heterocycles. The van der Waals surface area contributed by atoms with Crippen molar-refractivity contribution in [3.63, 3.8) is 0 Å². The molecule has 1 aliphatic rings. The van der Waals surface area contributed by atoms with Crippen LogP contribution in [0.2, 0.25) is 0 Å². The first-order valence-corrected chi connectivity index (χ1v) is 8.53. The first-order chi connectivity index (χ1) is 9.15. The summed E-state index contributed by atoms with van der Waals surface area (Å²) in [4.78, 5) is 4.21. The molecule has 1 N–H and O–H groups in total. The van der Waals surface area contributed by atoms with Crippen molar-refractivity contribution < 1.29 is 0 Å². The van der Waals surface area contributed by atoms with Gasteiger partial charge in [-0.2, -0.15) is 0 Å². The van der Waals surface area contributed by atoms with Crippen molar-refractivity contribution in [1.82, 2.24) is 10.2 Å². The van der Waals surface area contributed by atoms with Gasteiger partial charge in [0, 0.05) is 23.5 Å². The van der Waals surface area contributed by atoms with Crippen LogP contribution in [0.15, 0.2) is 17.5 Å². The van der Waals surface area contributed by atoms with E-state index in [0.717, 1.165) is 5.92 Å². The molecule has 19 heavy (non-hydrogen) atoms. The minimum Gasteiger partial charge on any atom is -0.313 e. The van der Waals surface area contributed by atoms with Crippen LogP contribution in [0.1, 0.15) is 38.5 Å². The van der Waals surface area contributed by atoms with Crippen LogP contribution in [-0.2, 0) is 6.42 Å².